The van der Waals surface area contributed by atoms with Crippen molar-refractivity contribution in [2.45, 2.75) is 19.8 Å². The van der Waals surface area contributed by atoms with E-state index in [1.54, 1.807) is 0 Å². The highest BCUT2D eigenvalue weighted by molar-refractivity contribution is 6.09. The summed E-state index contributed by atoms with van der Waals surface area (Å²) in [6.45, 7) is 5.24. The first-order valence-electron chi connectivity index (χ1n) is 7.47. The lowest BCUT2D eigenvalue weighted by Crippen LogP contribution is -2.29. The van der Waals surface area contributed by atoms with Crippen molar-refractivity contribution in [2.24, 2.45) is 13.0 Å². The van der Waals surface area contributed by atoms with Crippen LogP contribution in [0.5, 0.6) is 0 Å². The number of carbonyl (C=O) groups is 1. The lowest BCUT2D eigenvalue weighted by molar-refractivity contribution is 0.0904. The Morgan fingerprint density at radius 3 is 2.70 bits per heavy atom. The van der Waals surface area contributed by atoms with Gasteiger partial charge in [-0.1, -0.05) is 25.1 Å². The summed E-state index contributed by atoms with van der Waals surface area (Å²) < 4.78 is 2.05. The van der Waals surface area contributed by atoms with Gasteiger partial charge in [-0.2, -0.15) is 0 Å². The highest BCUT2D eigenvalue weighted by Crippen LogP contribution is 2.23. The normalized spacial score (nSPS) is 17.7. The van der Waals surface area contributed by atoms with Crippen molar-refractivity contribution >= 4 is 16.7 Å². The van der Waals surface area contributed by atoms with Crippen LogP contribution >= 0.6 is 0 Å². The number of fused-ring (bicyclic) bond motifs is 1. The largest absolute Gasteiger partial charge is 0.350 e. The number of aryl methyl sites for hydroxylation is 1. The van der Waals surface area contributed by atoms with Crippen LogP contribution in [0.4, 0.5) is 0 Å². The molecular weight excluding hydrogens is 248 g/mol. The molecule has 0 saturated carbocycles. The smallest absolute Gasteiger partial charge is 0.169 e. The molecular formula is C17H22N2O. The molecule has 3 rings (SSSR count). The molecule has 1 unspecified atom stereocenters. The van der Waals surface area contributed by atoms with Gasteiger partial charge >= 0.3 is 0 Å². The van der Waals surface area contributed by atoms with Crippen LogP contribution in [0.15, 0.2) is 30.5 Å². The van der Waals surface area contributed by atoms with Gasteiger partial charge in [0.1, 0.15) is 0 Å². The van der Waals surface area contributed by atoms with Gasteiger partial charge in [0.05, 0.1) is 0 Å². The molecule has 1 aliphatic rings. The maximum absolute atomic E-state index is 12.7. The third-order valence-electron chi connectivity index (χ3n) is 4.34. The number of carbonyl (C=O) groups excluding carboxylic acids is 1. The number of aromatic nitrogens is 1. The quantitative estimate of drug-likeness (QED) is 0.798. The summed E-state index contributed by atoms with van der Waals surface area (Å²) >= 11 is 0. The molecule has 1 aliphatic heterocycles. The van der Waals surface area contributed by atoms with Crippen molar-refractivity contribution in [1.29, 1.82) is 0 Å². The van der Waals surface area contributed by atoms with E-state index >= 15 is 0 Å². The first kappa shape index (κ1) is 13.4. The molecule has 2 aromatic rings. The molecule has 0 N–H and O–H groups in total. The maximum Gasteiger partial charge on any atom is 0.169 e. The van der Waals surface area contributed by atoms with Crippen LogP contribution in [0.3, 0.4) is 0 Å². The molecule has 1 aromatic carbocycles. The molecule has 1 fully saturated rings. The predicted octanol–water partition coefficient (Wildman–Crippen LogP) is 3.09. The summed E-state index contributed by atoms with van der Waals surface area (Å²) in [6, 6.07) is 8.14. The van der Waals surface area contributed by atoms with Crippen molar-refractivity contribution in [2.75, 3.05) is 19.6 Å². The Bertz CT molecular complexity index is 623. The van der Waals surface area contributed by atoms with E-state index in [0.29, 0.717) is 0 Å². The molecule has 20 heavy (non-hydrogen) atoms. The number of hydrogen-bond acceptors (Lipinski definition) is 2. The second-order valence-electron chi connectivity index (χ2n) is 5.94. The standard InChI is InChI=1S/C17H22N2O/c1-13(11-19-9-5-6-10-19)17(20)15-12-18(2)16-8-4-3-7-14(15)16/h3-4,7-8,12-13H,5-6,9-11H2,1-2H3. The molecule has 0 radical (unpaired) electrons. The fraction of sp³-hybridized carbons (Fsp3) is 0.471. The maximum atomic E-state index is 12.7. The predicted molar refractivity (Wildman–Crippen MR) is 82.1 cm³/mol. The summed E-state index contributed by atoms with van der Waals surface area (Å²) in [7, 11) is 2.00. The highest BCUT2D eigenvalue weighted by atomic mass is 16.1. The number of Topliss-reactive ketones (excluding diaryl/α,β-unsaturated/α-hetero) is 1. The molecule has 106 valence electrons. The minimum atomic E-state index is 0.0684. The third-order valence-corrected chi connectivity index (χ3v) is 4.34. The van der Waals surface area contributed by atoms with Crippen LogP contribution in [-0.2, 0) is 7.05 Å². The minimum absolute atomic E-state index is 0.0684. The zero-order chi connectivity index (χ0) is 14.1. The minimum Gasteiger partial charge on any atom is -0.350 e. The SMILES string of the molecule is CC(CN1CCCC1)C(=O)c1cn(C)c2ccccc12. The van der Waals surface area contributed by atoms with E-state index in [2.05, 4.69) is 17.9 Å². The third kappa shape index (κ3) is 2.38. The second-order valence-corrected chi connectivity index (χ2v) is 5.94. The fourth-order valence-electron chi connectivity index (χ4n) is 3.24. The van der Waals surface area contributed by atoms with Gasteiger partial charge in [0, 0.05) is 42.2 Å². The molecule has 3 heteroatoms. The van der Waals surface area contributed by atoms with Crippen molar-refractivity contribution in [3.63, 3.8) is 0 Å². The van der Waals surface area contributed by atoms with Gasteiger partial charge in [-0.3, -0.25) is 4.79 Å². The van der Waals surface area contributed by atoms with Gasteiger partial charge in [0.2, 0.25) is 0 Å². The number of ketones is 1. The second kappa shape index (κ2) is 5.41. The Kier molecular flexibility index (Phi) is 3.62. The van der Waals surface area contributed by atoms with E-state index < -0.39 is 0 Å². The summed E-state index contributed by atoms with van der Waals surface area (Å²) in [5.74, 6) is 0.340. The van der Waals surface area contributed by atoms with E-state index in [1.807, 2.05) is 36.0 Å². The van der Waals surface area contributed by atoms with Gasteiger partial charge in [-0.15, -0.1) is 0 Å². The van der Waals surface area contributed by atoms with Crippen LogP contribution in [0.25, 0.3) is 10.9 Å². The van der Waals surface area contributed by atoms with E-state index in [9.17, 15) is 4.79 Å². The Balaban J connectivity index is 1.84. The van der Waals surface area contributed by atoms with Crippen LogP contribution in [-0.4, -0.2) is 34.9 Å². The van der Waals surface area contributed by atoms with Crippen molar-refractivity contribution in [3.8, 4) is 0 Å². The van der Waals surface area contributed by atoms with Crippen molar-refractivity contribution in [1.82, 2.24) is 9.47 Å². The summed E-state index contributed by atoms with van der Waals surface area (Å²) in [6.07, 6.45) is 4.53. The number of rotatable bonds is 4. The molecule has 1 atom stereocenters. The zero-order valence-electron chi connectivity index (χ0n) is 12.3. The Labute approximate surface area is 120 Å². The lowest BCUT2D eigenvalue weighted by atomic mass is 9.98. The fourth-order valence-corrected chi connectivity index (χ4v) is 3.24. The number of benzene rings is 1. The van der Waals surface area contributed by atoms with E-state index in [-0.39, 0.29) is 11.7 Å². The van der Waals surface area contributed by atoms with Gasteiger partial charge in [0.15, 0.2) is 5.78 Å². The monoisotopic (exact) mass is 270 g/mol. The van der Waals surface area contributed by atoms with E-state index in [4.69, 9.17) is 0 Å². The van der Waals surface area contributed by atoms with Crippen molar-refractivity contribution in [3.05, 3.63) is 36.0 Å². The first-order chi connectivity index (χ1) is 9.66. The summed E-state index contributed by atoms with van der Waals surface area (Å²) in [5, 5.41) is 1.08. The highest BCUT2D eigenvalue weighted by Gasteiger charge is 2.23. The van der Waals surface area contributed by atoms with Gasteiger partial charge < -0.3 is 9.47 Å². The van der Waals surface area contributed by atoms with Crippen LogP contribution < -0.4 is 0 Å². The van der Waals surface area contributed by atoms with Gasteiger partial charge in [-0.25, -0.2) is 0 Å². The average molecular weight is 270 g/mol. The molecule has 0 spiro atoms. The van der Waals surface area contributed by atoms with Crippen molar-refractivity contribution < 1.29 is 4.79 Å². The van der Waals surface area contributed by atoms with E-state index in [1.165, 1.54) is 12.8 Å². The molecule has 1 aromatic heterocycles. The molecule has 0 amide bonds. The van der Waals surface area contributed by atoms with Crippen LogP contribution in [0.1, 0.15) is 30.1 Å². The molecule has 2 heterocycles. The van der Waals surface area contributed by atoms with Crippen LogP contribution in [0, 0.1) is 5.92 Å². The molecule has 0 bridgehead atoms. The molecule has 0 aliphatic carbocycles. The lowest BCUT2D eigenvalue weighted by Gasteiger charge is -2.19. The van der Waals surface area contributed by atoms with Gasteiger partial charge in [-0.05, 0) is 32.0 Å². The Morgan fingerprint density at radius 2 is 1.95 bits per heavy atom. The zero-order valence-corrected chi connectivity index (χ0v) is 12.3. The summed E-state index contributed by atoms with van der Waals surface area (Å²) in [5.41, 5.74) is 2.00. The Morgan fingerprint density at radius 1 is 1.25 bits per heavy atom. The van der Waals surface area contributed by atoms with Crippen LogP contribution in [0.2, 0.25) is 0 Å². The topological polar surface area (TPSA) is 25.2 Å². The molecule has 3 nitrogen and oxygen atoms in total. The average Bonchev–Trinajstić information content (AvgIpc) is 3.07. The molecule has 1 saturated heterocycles. The number of para-hydroxylation sites is 1. The number of likely N-dealkylation sites (tertiary alicyclic amines) is 1. The van der Waals surface area contributed by atoms with E-state index in [0.717, 1.165) is 36.1 Å². The number of hydrogen-bond donors (Lipinski definition) is 0. The van der Waals surface area contributed by atoms with Gasteiger partial charge in [0.25, 0.3) is 0 Å². The number of nitrogens with zero attached hydrogens (tertiary/aromatic N) is 2. The summed E-state index contributed by atoms with van der Waals surface area (Å²) in [4.78, 5) is 15.1. The first-order valence-corrected chi connectivity index (χ1v) is 7.47. The Hall–Kier alpha value is -1.61.